The zero-order valence-electron chi connectivity index (χ0n) is 28.5. The van der Waals surface area contributed by atoms with E-state index in [0.717, 1.165) is 60.9 Å². The van der Waals surface area contributed by atoms with Gasteiger partial charge < -0.3 is 23.9 Å². The molecule has 0 saturated carbocycles. The van der Waals surface area contributed by atoms with Crippen molar-refractivity contribution in [3.63, 3.8) is 0 Å². The number of hydrogen-bond donors (Lipinski definition) is 1. The standard InChI is InChI=1S/C37H35Cl2N7O4/c1-18-12-23(13-19(2)31(18)39)50-11-7-8-24-25-9-10-26(38)30(29-21(4)41-17-42-22(29)5)33(25)46-20(3)15-45(36(47)34(24)46)28-16-44(6)35-32(28)43-27(14-40-35)37(48)49/h9-10,12-14,16-17,20H,7-8,11,15H2,1-6H3,(H,48,49)/t20-/m1/s1. The highest BCUT2D eigenvalue weighted by atomic mass is 35.5. The zero-order valence-corrected chi connectivity index (χ0v) is 30.0. The quantitative estimate of drug-likeness (QED) is 0.158. The largest absolute Gasteiger partial charge is 0.494 e. The van der Waals surface area contributed by atoms with E-state index in [2.05, 4.69) is 31.4 Å². The van der Waals surface area contributed by atoms with Gasteiger partial charge in [0.1, 0.15) is 23.3 Å². The maximum absolute atomic E-state index is 14.9. The molecule has 5 heterocycles. The molecule has 4 aromatic heterocycles. The first-order valence-corrected chi connectivity index (χ1v) is 17.0. The van der Waals surface area contributed by atoms with E-state index in [1.807, 2.05) is 52.0 Å². The van der Waals surface area contributed by atoms with Crippen LogP contribution in [0.3, 0.4) is 0 Å². The first-order valence-electron chi connectivity index (χ1n) is 16.3. The molecule has 0 fully saturated rings. The Morgan fingerprint density at radius 2 is 1.74 bits per heavy atom. The fourth-order valence-corrected chi connectivity index (χ4v) is 7.53. The Balaban J connectivity index is 1.38. The van der Waals surface area contributed by atoms with Crippen LogP contribution in [0.15, 0.2) is 43.0 Å². The Morgan fingerprint density at radius 1 is 1.04 bits per heavy atom. The molecule has 0 unspecified atom stereocenters. The van der Waals surface area contributed by atoms with Crippen molar-refractivity contribution < 1.29 is 19.4 Å². The Kier molecular flexibility index (Phi) is 8.52. The highest BCUT2D eigenvalue weighted by molar-refractivity contribution is 6.35. The van der Waals surface area contributed by atoms with Gasteiger partial charge in [0.2, 0.25) is 0 Å². The summed E-state index contributed by atoms with van der Waals surface area (Å²) in [4.78, 5) is 46.1. The first-order chi connectivity index (χ1) is 23.9. The number of fused-ring (bicyclic) bond motifs is 4. The molecule has 0 aliphatic carbocycles. The lowest BCUT2D eigenvalue weighted by molar-refractivity contribution is 0.0690. The summed E-state index contributed by atoms with van der Waals surface area (Å²) < 4.78 is 10.0. The molecule has 50 heavy (non-hydrogen) atoms. The second kappa shape index (κ2) is 12.7. The third-order valence-electron chi connectivity index (χ3n) is 9.44. The Labute approximate surface area is 298 Å². The number of aromatic nitrogens is 6. The van der Waals surface area contributed by atoms with Gasteiger partial charge in [0.25, 0.3) is 5.91 Å². The number of halogens is 2. The molecule has 1 aliphatic rings. The summed E-state index contributed by atoms with van der Waals surface area (Å²) in [7, 11) is 1.80. The van der Waals surface area contributed by atoms with Gasteiger partial charge in [0.05, 0.1) is 29.0 Å². The summed E-state index contributed by atoms with van der Waals surface area (Å²) in [6.07, 6.45) is 5.71. The summed E-state index contributed by atoms with van der Waals surface area (Å²) in [5.41, 5.74) is 8.45. The number of carboxylic acids is 1. The maximum Gasteiger partial charge on any atom is 0.356 e. The summed E-state index contributed by atoms with van der Waals surface area (Å²) in [6, 6.07) is 7.51. The van der Waals surface area contributed by atoms with E-state index in [-0.39, 0.29) is 17.6 Å². The second-order valence-corrected chi connectivity index (χ2v) is 13.7. The van der Waals surface area contributed by atoms with E-state index in [0.29, 0.717) is 53.6 Å². The zero-order chi connectivity index (χ0) is 35.6. The third kappa shape index (κ3) is 5.45. The molecule has 1 atom stereocenters. The van der Waals surface area contributed by atoms with Crippen LogP contribution in [-0.4, -0.2) is 59.2 Å². The molecule has 7 rings (SSSR count). The van der Waals surface area contributed by atoms with Crippen molar-refractivity contribution in [2.45, 2.75) is 53.5 Å². The van der Waals surface area contributed by atoms with Crippen LogP contribution in [0.2, 0.25) is 10.0 Å². The Morgan fingerprint density at radius 3 is 2.42 bits per heavy atom. The normalized spacial score (nSPS) is 14.5. The number of nitrogens with zero attached hydrogens (tertiary/aromatic N) is 7. The minimum atomic E-state index is -1.19. The summed E-state index contributed by atoms with van der Waals surface area (Å²) >= 11 is 13.4. The van der Waals surface area contributed by atoms with E-state index in [1.54, 1.807) is 22.7 Å². The van der Waals surface area contributed by atoms with Crippen LogP contribution in [0.1, 0.15) is 68.4 Å². The lowest BCUT2D eigenvalue weighted by Gasteiger charge is -2.34. The van der Waals surface area contributed by atoms with Gasteiger partial charge in [-0.2, -0.15) is 0 Å². The van der Waals surface area contributed by atoms with Crippen molar-refractivity contribution in [3.8, 4) is 16.9 Å². The van der Waals surface area contributed by atoms with E-state index in [1.165, 1.54) is 12.5 Å². The predicted molar refractivity (Wildman–Crippen MR) is 194 cm³/mol. The number of carbonyl (C=O) groups is 2. The smallest absolute Gasteiger partial charge is 0.356 e. The van der Waals surface area contributed by atoms with Gasteiger partial charge in [0.15, 0.2) is 11.3 Å². The number of aromatic carboxylic acids is 1. The van der Waals surface area contributed by atoms with Gasteiger partial charge in [-0.1, -0.05) is 29.3 Å². The predicted octanol–water partition coefficient (Wildman–Crippen LogP) is 7.85. The van der Waals surface area contributed by atoms with Crippen LogP contribution >= 0.6 is 23.2 Å². The van der Waals surface area contributed by atoms with E-state index in [4.69, 9.17) is 27.9 Å². The monoisotopic (exact) mass is 711 g/mol. The van der Waals surface area contributed by atoms with Gasteiger partial charge in [-0.3, -0.25) is 4.79 Å². The van der Waals surface area contributed by atoms with Crippen LogP contribution in [0.25, 0.3) is 33.2 Å². The van der Waals surface area contributed by atoms with E-state index < -0.39 is 5.97 Å². The van der Waals surface area contributed by atoms with Crippen LogP contribution < -0.4 is 9.64 Å². The first kappa shape index (κ1) is 33.5. The molecule has 6 aromatic rings. The van der Waals surface area contributed by atoms with Crippen LogP contribution in [0.5, 0.6) is 5.75 Å². The molecule has 11 nitrogen and oxygen atoms in total. The van der Waals surface area contributed by atoms with Crippen molar-refractivity contribution in [1.29, 1.82) is 0 Å². The molecule has 0 saturated heterocycles. The average molecular weight is 713 g/mol. The number of anilines is 1. The van der Waals surface area contributed by atoms with Gasteiger partial charge in [-0.25, -0.2) is 24.7 Å². The molecule has 1 amide bonds. The summed E-state index contributed by atoms with van der Waals surface area (Å²) in [5, 5.41) is 11.8. The fourth-order valence-electron chi connectivity index (χ4n) is 7.18. The highest BCUT2D eigenvalue weighted by Gasteiger charge is 2.38. The van der Waals surface area contributed by atoms with E-state index in [9.17, 15) is 14.7 Å². The summed E-state index contributed by atoms with van der Waals surface area (Å²) in [6.45, 7) is 10.6. The van der Waals surface area contributed by atoms with Crippen molar-refractivity contribution in [2.24, 2.45) is 7.05 Å². The molecule has 0 radical (unpaired) electrons. The minimum absolute atomic E-state index is 0.196. The number of rotatable bonds is 8. The summed E-state index contributed by atoms with van der Waals surface area (Å²) in [5.74, 6) is -0.680. The number of hydrogen-bond acceptors (Lipinski definition) is 7. The number of ether oxygens (including phenoxy) is 1. The molecule has 1 N–H and O–H groups in total. The fraction of sp³-hybridized carbons (Fsp3) is 0.297. The molecule has 1 aliphatic heterocycles. The number of aryl methyl sites for hydroxylation is 6. The third-order valence-corrected chi connectivity index (χ3v) is 10.3. The van der Waals surface area contributed by atoms with Gasteiger partial charge >= 0.3 is 5.97 Å². The highest BCUT2D eigenvalue weighted by Crippen LogP contribution is 2.45. The lowest BCUT2D eigenvalue weighted by Crippen LogP contribution is -2.42. The van der Waals surface area contributed by atoms with Crippen molar-refractivity contribution in [3.05, 3.63) is 92.5 Å². The minimum Gasteiger partial charge on any atom is -0.494 e. The lowest BCUT2D eigenvalue weighted by atomic mass is 9.97. The molecule has 0 bridgehead atoms. The molecule has 256 valence electrons. The number of carboxylic acid groups (broad SMARTS) is 1. The van der Waals surface area contributed by atoms with Crippen LogP contribution in [0, 0.1) is 27.7 Å². The van der Waals surface area contributed by atoms with Crippen LogP contribution in [-0.2, 0) is 13.5 Å². The van der Waals surface area contributed by atoms with Gasteiger partial charge in [-0.05, 0) is 82.3 Å². The van der Waals surface area contributed by atoms with Crippen LogP contribution in [0.4, 0.5) is 5.69 Å². The molecular formula is C37H35Cl2N7O4. The van der Waals surface area contributed by atoms with Crippen molar-refractivity contribution in [1.82, 2.24) is 29.1 Å². The van der Waals surface area contributed by atoms with Gasteiger partial charge in [-0.15, -0.1) is 0 Å². The van der Waals surface area contributed by atoms with E-state index >= 15 is 0 Å². The Bertz CT molecular complexity index is 2340. The topological polar surface area (TPSA) is 128 Å². The molecule has 2 aromatic carbocycles. The average Bonchev–Trinajstić information content (AvgIpc) is 3.59. The molecular weight excluding hydrogens is 677 g/mol. The molecule has 13 heteroatoms. The second-order valence-electron chi connectivity index (χ2n) is 12.9. The molecule has 0 spiro atoms. The SMILES string of the molecule is Cc1cc(OCCCc2c3n(c4c(-c5c(C)ncnc5C)c(Cl)ccc24)[C@H](C)CN(c2cn(C)c4ncc(C(=O)O)nc24)C3=O)cc(C)c1Cl. The Hall–Kier alpha value is -5.00. The van der Waals surface area contributed by atoms with Crippen molar-refractivity contribution >= 4 is 62.8 Å². The van der Waals surface area contributed by atoms with Gasteiger partial charge in [0, 0.05) is 58.8 Å². The maximum atomic E-state index is 14.9. The number of amides is 1. The number of benzene rings is 2. The number of carbonyl (C=O) groups excluding carboxylic acids is 1. The van der Waals surface area contributed by atoms with Crippen molar-refractivity contribution in [2.75, 3.05) is 18.1 Å².